The average Bonchev–Trinajstić information content (AvgIpc) is 2.67. The van der Waals surface area contributed by atoms with Crippen LogP contribution in [0.15, 0.2) is 47.4 Å². The number of amides is 1. The van der Waals surface area contributed by atoms with E-state index in [-0.39, 0.29) is 23.4 Å². The van der Waals surface area contributed by atoms with Crippen LogP contribution in [-0.2, 0) is 27.7 Å². The quantitative estimate of drug-likeness (QED) is 0.808. The van der Waals surface area contributed by atoms with E-state index in [1.54, 1.807) is 24.3 Å². The number of sulfonamides is 1. The fourth-order valence-corrected chi connectivity index (χ4v) is 4.70. The zero-order valence-corrected chi connectivity index (χ0v) is 17.6. The zero-order chi connectivity index (χ0) is 20.3. The highest BCUT2D eigenvalue weighted by Gasteiger charge is 2.23. The van der Waals surface area contributed by atoms with Gasteiger partial charge in [0.1, 0.15) is 0 Å². The normalized spacial score (nSPS) is 15.1. The van der Waals surface area contributed by atoms with Gasteiger partial charge in [0.15, 0.2) is 0 Å². The van der Waals surface area contributed by atoms with Crippen molar-refractivity contribution in [1.29, 1.82) is 0 Å². The zero-order valence-electron chi connectivity index (χ0n) is 16.7. The summed E-state index contributed by atoms with van der Waals surface area (Å²) >= 11 is 0. The molecule has 0 spiro atoms. The molecule has 6 heteroatoms. The molecule has 0 saturated heterocycles. The topological polar surface area (TPSA) is 66.5 Å². The van der Waals surface area contributed by atoms with Crippen LogP contribution in [0.2, 0.25) is 0 Å². The molecule has 0 fully saturated rings. The number of aryl methyl sites for hydroxylation is 3. The van der Waals surface area contributed by atoms with Crippen molar-refractivity contribution in [2.24, 2.45) is 0 Å². The van der Waals surface area contributed by atoms with Gasteiger partial charge in [-0.15, -0.1) is 0 Å². The third-order valence-corrected chi connectivity index (χ3v) is 7.16. The SMILES string of the molecule is Cc1ccc(S(=O)(=O)N(C)CC(=O)N[C@H](C)c2ccc3c(c2)CCCC3)cc1. The molecule has 0 bridgehead atoms. The van der Waals surface area contributed by atoms with Gasteiger partial charge in [0.25, 0.3) is 0 Å². The third kappa shape index (κ3) is 4.62. The van der Waals surface area contributed by atoms with Crippen molar-refractivity contribution in [3.63, 3.8) is 0 Å². The van der Waals surface area contributed by atoms with Gasteiger partial charge in [-0.2, -0.15) is 4.31 Å². The van der Waals surface area contributed by atoms with Crippen LogP contribution in [0.5, 0.6) is 0 Å². The third-order valence-electron chi connectivity index (χ3n) is 5.35. The smallest absolute Gasteiger partial charge is 0.243 e. The van der Waals surface area contributed by atoms with E-state index >= 15 is 0 Å². The molecule has 3 rings (SSSR count). The first-order chi connectivity index (χ1) is 13.3. The Bertz CT molecular complexity index is 952. The van der Waals surface area contributed by atoms with E-state index in [0.29, 0.717) is 0 Å². The Hall–Kier alpha value is -2.18. The average molecular weight is 401 g/mol. The Kier molecular flexibility index (Phi) is 6.20. The lowest BCUT2D eigenvalue weighted by Gasteiger charge is -2.21. The largest absolute Gasteiger partial charge is 0.348 e. The summed E-state index contributed by atoms with van der Waals surface area (Å²) in [6.45, 7) is 3.61. The van der Waals surface area contributed by atoms with Crippen molar-refractivity contribution in [1.82, 2.24) is 9.62 Å². The first-order valence-electron chi connectivity index (χ1n) is 9.71. The standard InChI is InChI=1S/C22H28N2O3S/c1-16-8-12-21(13-9-16)28(26,27)24(3)15-22(25)23-17(2)19-11-10-18-6-4-5-7-20(18)14-19/h8-14,17H,4-7,15H2,1-3H3,(H,23,25)/t17-/m1/s1. The molecule has 0 saturated carbocycles. The van der Waals surface area contributed by atoms with E-state index in [9.17, 15) is 13.2 Å². The number of rotatable bonds is 6. The van der Waals surface area contributed by atoms with E-state index in [0.717, 1.165) is 28.3 Å². The minimum Gasteiger partial charge on any atom is -0.348 e. The van der Waals surface area contributed by atoms with Crippen LogP contribution in [0.3, 0.4) is 0 Å². The Labute approximate surface area is 167 Å². The minimum atomic E-state index is -3.69. The molecule has 0 unspecified atom stereocenters. The van der Waals surface area contributed by atoms with Crippen LogP contribution in [0, 0.1) is 6.92 Å². The molecule has 0 heterocycles. The van der Waals surface area contributed by atoms with Gasteiger partial charge in [0.05, 0.1) is 17.5 Å². The molecule has 1 aliphatic carbocycles. The molecular weight excluding hydrogens is 372 g/mol. The fourth-order valence-electron chi connectivity index (χ4n) is 3.57. The first-order valence-corrected chi connectivity index (χ1v) is 11.2. The molecule has 1 N–H and O–H groups in total. The molecule has 2 aromatic carbocycles. The molecular formula is C22H28N2O3S. The van der Waals surface area contributed by atoms with Crippen molar-refractivity contribution >= 4 is 15.9 Å². The molecule has 150 valence electrons. The molecule has 5 nitrogen and oxygen atoms in total. The highest BCUT2D eigenvalue weighted by molar-refractivity contribution is 7.89. The number of hydrogen-bond donors (Lipinski definition) is 1. The number of nitrogens with zero attached hydrogens (tertiary/aromatic N) is 1. The lowest BCUT2D eigenvalue weighted by atomic mass is 9.89. The number of likely N-dealkylation sites (N-methyl/N-ethyl adjacent to an activating group) is 1. The lowest BCUT2D eigenvalue weighted by Crippen LogP contribution is -2.39. The van der Waals surface area contributed by atoms with Gasteiger partial charge in [-0.05, 0) is 68.4 Å². The summed E-state index contributed by atoms with van der Waals surface area (Å²) in [5.41, 5.74) is 4.80. The number of nitrogens with one attached hydrogen (secondary N) is 1. The van der Waals surface area contributed by atoms with Crippen LogP contribution in [-0.4, -0.2) is 32.2 Å². The van der Waals surface area contributed by atoms with Crippen molar-refractivity contribution in [3.05, 3.63) is 64.7 Å². The summed E-state index contributed by atoms with van der Waals surface area (Å²) in [6.07, 6.45) is 4.65. The van der Waals surface area contributed by atoms with Gasteiger partial charge in [0, 0.05) is 7.05 Å². The van der Waals surface area contributed by atoms with E-state index in [1.807, 2.05) is 13.8 Å². The Morgan fingerprint density at radius 2 is 1.71 bits per heavy atom. The van der Waals surface area contributed by atoms with E-state index < -0.39 is 10.0 Å². The number of fused-ring (bicyclic) bond motifs is 1. The van der Waals surface area contributed by atoms with E-state index in [4.69, 9.17) is 0 Å². The van der Waals surface area contributed by atoms with Gasteiger partial charge in [-0.3, -0.25) is 4.79 Å². The van der Waals surface area contributed by atoms with Crippen LogP contribution >= 0.6 is 0 Å². The fraction of sp³-hybridized carbons (Fsp3) is 0.409. The number of carbonyl (C=O) groups excluding carboxylic acids is 1. The second-order valence-corrected chi connectivity index (χ2v) is 9.64. The number of carbonyl (C=O) groups is 1. The molecule has 1 amide bonds. The minimum absolute atomic E-state index is 0.171. The predicted molar refractivity (Wildman–Crippen MR) is 111 cm³/mol. The second-order valence-electron chi connectivity index (χ2n) is 7.60. The van der Waals surface area contributed by atoms with Gasteiger partial charge >= 0.3 is 0 Å². The Morgan fingerprint density at radius 3 is 2.39 bits per heavy atom. The maximum atomic E-state index is 12.6. The van der Waals surface area contributed by atoms with Crippen LogP contribution in [0.4, 0.5) is 0 Å². The van der Waals surface area contributed by atoms with Crippen molar-refractivity contribution in [3.8, 4) is 0 Å². The molecule has 2 aromatic rings. The summed E-state index contributed by atoms with van der Waals surface area (Å²) in [4.78, 5) is 12.6. The van der Waals surface area contributed by atoms with E-state index in [2.05, 4.69) is 23.5 Å². The number of hydrogen-bond acceptors (Lipinski definition) is 3. The van der Waals surface area contributed by atoms with Crippen molar-refractivity contribution in [2.75, 3.05) is 13.6 Å². The first kappa shape index (κ1) is 20.6. The van der Waals surface area contributed by atoms with Crippen LogP contribution in [0.1, 0.15) is 48.1 Å². The predicted octanol–water partition coefficient (Wildman–Crippen LogP) is 3.37. The second kappa shape index (κ2) is 8.45. The van der Waals surface area contributed by atoms with Gasteiger partial charge in [-0.25, -0.2) is 8.42 Å². The molecule has 0 radical (unpaired) electrons. The summed E-state index contributed by atoms with van der Waals surface area (Å²) < 4.78 is 26.4. The maximum Gasteiger partial charge on any atom is 0.243 e. The molecule has 28 heavy (non-hydrogen) atoms. The molecule has 0 aliphatic heterocycles. The van der Waals surface area contributed by atoms with Crippen molar-refractivity contribution in [2.45, 2.75) is 50.5 Å². The molecule has 1 atom stereocenters. The summed E-state index contributed by atoms with van der Waals surface area (Å²) in [7, 11) is -2.26. The molecule has 0 aromatic heterocycles. The summed E-state index contributed by atoms with van der Waals surface area (Å²) in [5, 5.41) is 2.92. The van der Waals surface area contributed by atoms with E-state index in [1.165, 1.54) is 31.0 Å². The Balaban J connectivity index is 1.63. The highest BCUT2D eigenvalue weighted by atomic mass is 32.2. The van der Waals surface area contributed by atoms with Crippen LogP contribution in [0.25, 0.3) is 0 Å². The summed E-state index contributed by atoms with van der Waals surface area (Å²) in [6, 6.07) is 12.8. The van der Waals surface area contributed by atoms with Gasteiger partial charge < -0.3 is 5.32 Å². The van der Waals surface area contributed by atoms with Gasteiger partial charge in [-0.1, -0.05) is 35.9 Å². The van der Waals surface area contributed by atoms with Gasteiger partial charge in [0.2, 0.25) is 15.9 Å². The van der Waals surface area contributed by atoms with Crippen molar-refractivity contribution < 1.29 is 13.2 Å². The van der Waals surface area contributed by atoms with Crippen LogP contribution < -0.4 is 5.32 Å². The lowest BCUT2D eigenvalue weighted by molar-refractivity contribution is -0.121. The Morgan fingerprint density at radius 1 is 1.07 bits per heavy atom. The highest BCUT2D eigenvalue weighted by Crippen LogP contribution is 2.24. The maximum absolute atomic E-state index is 12.6. The summed E-state index contributed by atoms with van der Waals surface area (Å²) in [5.74, 6) is -0.316. The molecule has 1 aliphatic rings. The number of benzene rings is 2. The monoisotopic (exact) mass is 400 g/mol.